The van der Waals surface area contributed by atoms with Crippen molar-refractivity contribution in [1.82, 2.24) is 35.5 Å². The fraction of sp³-hybridized carbons (Fsp3) is 0.460. The summed E-state index contributed by atoms with van der Waals surface area (Å²) in [7, 11) is 2.10. The summed E-state index contributed by atoms with van der Waals surface area (Å²) in [6.45, 7) is 10.4. The predicted octanol–water partition coefficient (Wildman–Crippen LogP) is 6.56. The van der Waals surface area contributed by atoms with E-state index in [1.165, 1.54) is 16.2 Å². The summed E-state index contributed by atoms with van der Waals surface area (Å²) >= 11 is 1.54. The number of aliphatic hydroxyl groups is 1. The van der Waals surface area contributed by atoms with Crippen LogP contribution >= 0.6 is 11.3 Å². The second-order valence-corrected chi connectivity index (χ2v) is 19.7. The average molecular weight is 940 g/mol. The third-order valence-electron chi connectivity index (χ3n) is 12.4. The van der Waals surface area contributed by atoms with Gasteiger partial charge in [-0.15, -0.1) is 11.3 Å². The molecule has 0 bridgehead atoms. The van der Waals surface area contributed by atoms with Crippen molar-refractivity contribution in [3.8, 4) is 21.9 Å². The van der Waals surface area contributed by atoms with Crippen molar-refractivity contribution in [3.63, 3.8) is 0 Å². The molecule has 0 spiro atoms. The zero-order chi connectivity index (χ0) is 47.9. The maximum absolute atomic E-state index is 14.6. The van der Waals surface area contributed by atoms with E-state index in [9.17, 15) is 28.7 Å². The number of hydrogen-bond donors (Lipinski definition) is 5. The number of unbranched alkanes of at least 4 members (excludes halogenated alkanes) is 2. The Morgan fingerprint density at radius 2 is 1.82 bits per heavy atom. The molecular weight excluding hydrogens is 878 g/mol. The number of amides is 4. The summed E-state index contributed by atoms with van der Waals surface area (Å²) in [6, 6.07) is 19.1. The van der Waals surface area contributed by atoms with Crippen molar-refractivity contribution >= 4 is 45.9 Å². The Hall–Kier alpha value is -5.88. The van der Waals surface area contributed by atoms with Gasteiger partial charge in [0.05, 0.1) is 35.3 Å². The number of aromatic nitrogens is 2. The lowest BCUT2D eigenvalue weighted by Gasteiger charge is -2.35. The molecule has 3 aromatic carbocycles. The maximum atomic E-state index is 14.6. The first-order chi connectivity index (χ1) is 32.0. The highest BCUT2D eigenvalue weighted by atomic mass is 32.1. The summed E-state index contributed by atoms with van der Waals surface area (Å²) in [5, 5.41) is 26.2. The van der Waals surface area contributed by atoms with Crippen LogP contribution in [0.15, 0.2) is 78.4 Å². The van der Waals surface area contributed by atoms with E-state index in [1.54, 1.807) is 43.9 Å². The number of nitrogens with one attached hydrogen (secondary N) is 3. The molecule has 1 saturated heterocycles. The third-order valence-corrected chi connectivity index (χ3v) is 13.4. The quantitative estimate of drug-likeness (QED) is 0.0306. The van der Waals surface area contributed by atoms with Crippen LogP contribution < -0.4 is 25.6 Å². The standard InChI is InChI=1S/C50H62FN7O8S/c1-32-43(67-31-53-32)35-13-15-37(28-52-46(61)41-27-38(59)30-58(41)47(62)44(49(2,3)4)54-48(63)50(51)17-18-50)42(26-35)66-22-8-6-7-19-56(5)29-33-10-9-11-39(24-33)65-23-21-57-20-16-34-12-14-36(25-40(34)57)45(60)55-64/h9-16,20,24-26,31,38,41,44,59,64H,6-8,17-19,21-23,27-30H2,1-5H3,(H,52,61)(H,54,63)(H,55,60)/t38-,41+,44-/m1/s1. The number of ether oxygens (including phenoxy) is 2. The van der Waals surface area contributed by atoms with Crippen LogP contribution in [0.3, 0.4) is 0 Å². The number of β-amino-alcohol motifs (C(OH)–C–C–N with tert-alkyl or cyclic N) is 1. The summed E-state index contributed by atoms with van der Waals surface area (Å²) < 4.78 is 29.2. The molecular formula is C50H62FN7O8S. The number of hydroxylamine groups is 1. The first-order valence-electron chi connectivity index (χ1n) is 22.9. The minimum atomic E-state index is -1.97. The molecule has 2 aliphatic rings. The number of fused-ring (bicyclic) bond motifs is 1. The van der Waals surface area contributed by atoms with Crippen molar-refractivity contribution in [2.45, 2.75) is 110 Å². The van der Waals surface area contributed by atoms with Crippen LogP contribution in [-0.4, -0.2) is 111 Å². The first kappa shape index (κ1) is 49.0. The van der Waals surface area contributed by atoms with E-state index < -0.39 is 52.9 Å². The molecule has 67 heavy (non-hydrogen) atoms. The Morgan fingerprint density at radius 1 is 1.01 bits per heavy atom. The Bertz CT molecular complexity index is 2550. The van der Waals surface area contributed by atoms with Crippen molar-refractivity contribution in [3.05, 3.63) is 101 Å². The van der Waals surface area contributed by atoms with Gasteiger partial charge in [-0.25, -0.2) is 14.9 Å². The second-order valence-electron chi connectivity index (χ2n) is 18.8. The third kappa shape index (κ3) is 12.4. The van der Waals surface area contributed by atoms with Gasteiger partial charge >= 0.3 is 0 Å². The lowest BCUT2D eigenvalue weighted by atomic mass is 9.85. The number of nitrogens with zero attached hydrogens (tertiary/aromatic N) is 4. The molecule has 2 aromatic heterocycles. The molecule has 17 heteroatoms. The number of aryl methyl sites for hydroxylation is 1. The van der Waals surface area contributed by atoms with Crippen LogP contribution in [-0.2, 0) is 34.0 Å². The molecule has 7 rings (SSSR count). The van der Waals surface area contributed by atoms with Crippen LogP contribution in [0.25, 0.3) is 21.3 Å². The number of rotatable bonds is 21. The monoisotopic (exact) mass is 939 g/mol. The molecule has 2 fully saturated rings. The Balaban J connectivity index is 0.890. The van der Waals surface area contributed by atoms with E-state index in [1.807, 2.05) is 60.2 Å². The van der Waals surface area contributed by atoms with Crippen molar-refractivity contribution in [2.75, 3.05) is 33.4 Å². The fourth-order valence-electron chi connectivity index (χ4n) is 8.39. The lowest BCUT2D eigenvalue weighted by molar-refractivity contribution is -0.145. The molecule has 0 unspecified atom stereocenters. The Labute approximate surface area is 394 Å². The molecule has 3 atom stereocenters. The number of thiazole rings is 1. The van der Waals surface area contributed by atoms with E-state index in [2.05, 4.69) is 39.7 Å². The van der Waals surface area contributed by atoms with Gasteiger partial charge in [-0.2, -0.15) is 0 Å². The molecule has 1 aliphatic heterocycles. The van der Waals surface area contributed by atoms with Gasteiger partial charge in [0.25, 0.3) is 11.8 Å². The van der Waals surface area contributed by atoms with Gasteiger partial charge in [0.15, 0.2) is 5.67 Å². The maximum Gasteiger partial charge on any atom is 0.274 e. The van der Waals surface area contributed by atoms with Crippen molar-refractivity contribution < 1.29 is 43.4 Å². The number of aliphatic hydroxyl groups excluding tert-OH is 1. The van der Waals surface area contributed by atoms with Crippen LogP contribution in [0.2, 0.25) is 0 Å². The van der Waals surface area contributed by atoms with E-state index in [4.69, 9.17) is 14.7 Å². The minimum absolute atomic E-state index is 0.0329. The molecule has 1 saturated carbocycles. The van der Waals surface area contributed by atoms with E-state index in [0.29, 0.717) is 31.1 Å². The highest BCUT2D eigenvalue weighted by Gasteiger charge is 2.53. The molecule has 358 valence electrons. The number of halogens is 1. The number of likely N-dealkylation sites (tertiary alicyclic amines) is 1. The second kappa shape index (κ2) is 21.4. The summed E-state index contributed by atoms with van der Waals surface area (Å²) in [4.78, 5) is 61.4. The number of benzene rings is 3. The highest BCUT2D eigenvalue weighted by molar-refractivity contribution is 7.13. The fourth-order valence-corrected chi connectivity index (χ4v) is 9.19. The zero-order valence-corrected chi connectivity index (χ0v) is 39.7. The smallest absolute Gasteiger partial charge is 0.274 e. The van der Waals surface area contributed by atoms with Gasteiger partial charge < -0.3 is 39.6 Å². The van der Waals surface area contributed by atoms with Crippen LogP contribution in [0.5, 0.6) is 11.5 Å². The molecule has 5 N–H and O–H groups in total. The average Bonchev–Trinajstić information content (AvgIpc) is 3.55. The predicted molar refractivity (Wildman–Crippen MR) is 254 cm³/mol. The highest BCUT2D eigenvalue weighted by Crippen LogP contribution is 2.40. The molecule has 15 nitrogen and oxygen atoms in total. The SMILES string of the molecule is Cc1ncsc1-c1ccc(CNC(=O)[C@@H]2C[C@@H](O)CN2C(=O)[C@@H](NC(=O)C2(F)CC2)C(C)(C)C)c(OCCCCCN(C)Cc2cccc(OCCn3ccc4ccc(C(=O)NO)cc43)c2)c1. The molecule has 1 aliphatic carbocycles. The number of carbonyl (C=O) groups excluding carboxylic acids is 4. The zero-order valence-electron chi connectivity index (χ0n) is 38.8. The normalized spacial score (nSPS) is 17.1. The summed E-state index contributed by atoms with van der Waals surface area (Å²) in [5.74, 6) is -0.958. The Morgan fingerprint density at radius 3 is 2.55 bits per heavy atom. The molecule has 0 radical (unpaired) electrons. The van der Waals surface area contributed by atoms with Crippen molar-refractivity contribution in [2.24, 2.45) is 5.41 Å². The van der Waals surface area contributed by atoms with Gasteiger partial charge in [-0.3, -0.25) is 24.4 Å². The molecule has 5 aromatic rings. The van der Waals surface area contributed by atoms with Crippen LogP contribution in [0.1, 0.15) is 86.5 Å². The largest absolute Gasteiger partial charge is 0.493 e. The molecule has 4 amide bonds. The van der Waals surface area contributed by atoms with E-state index in [0.717, 1.165) is 76.3 Å². The topological polar surface area (TPSA) is 188 Å². The van der Waals surface area contributed by atoms with Gasteiger partial charge in [-0.05, 0) is 111 Å². The lowest BCUT2D eigenvalue weighted by Crippen LogP contribution is -2.59. The summed E-state index contributed by atoms with van der Waals surface area (Å²) in [6.07, 6.45) is 3.98. The Kier molecular flexibility index (Phi) is 15.7. The number of hydrogen-bond acceptors (Lipinski definition) is 11. The molecule has 3 heterocycles. The minimum Gasteiger partial charge on any atom is -0.493 e. The summed E-state index contributed by atoms with van der Waals surface area (Å²) in [5.41, 5.74) is 5.73. The number of carbonyl (C=O) groups is 4. The van der Waals surface area contributed by atoms with Gasteiger partial charge in [0.1, 0.15) is 30.2 Å². The van der Waals surface area contributed by atoms with Crippen molar-refractivity contribution in [1.29, 1.82) is 0 Å². The van der Waals surface area contributed by atoms with Gasteiger partial charge in [0.2, 0.25) is 11.8 Å². The number of alkyl halides is 1. The van der Waals surface area contributed by atoms with Gasteiger partial charge in [-0.1, -0.05) is 51.1 Å². The van der Waals surface area contributed by atoms with Crippen LogP contribution in [0.4, 0.5) is 4.39 Å². The van der Waals surface area contributed by atoms with E-state index >= 15 is 0 Å². The van der Waals surface area contributed by atoms with Crippen LogP contribution in [0, 0.1) is 12.3 Å². The van der Waals surface area contributed by atoms with Gasteiger partial charge in [0, 0.05) is 48.9 Å². The first-order valence-corrected chi connectivity index (χ1v) is 23.8. The van der Waals surface area contributed by atoms with E-state index in [-0.39, 0.29) is 32.4 Å².